The lowest BCUT2D eigenvalue weighted by atomic mass is 10.1. The highest BCUT2D eigenvalue weighted by Gasteiger charge is 2.08. The number of nitrogens with zero attached hydrogens (tertiary/aromatic N) is 1. The van der Waals surface area contributed by atoms with E-state index in [0.29, 0.717) is 13.0 Å². The molecule has 0 aliphatic heterocycles. The van der Waals surface area contributed by atoms with Gasteiger partial charge in [-0.1, -0.05) is 57.6 Å². The summed E-state index contributed by atoms with van der Waals surface area (Å²) < 4.78 is 6.09. The predicted octanol–water partition coefficient (Wildman–Crippen LogP) is 5.49. The molecule has 0 rings (SSSR count). The number of hydrogen-bond acceptors (Lipinski definition) is 2. The average molecular weight is 341 g/mol. The average Bonchev–Trinajstić information content (AvgIpc) is 2.50. The molecule has 0 aromatic heterocycles. The Morgan fingerprint density at radius 2 is 1.38 bits per heavy atom. The second-order valence-corrected chi connectivity index (χ2v) is 7.86. The molecule has 0 aromatic carbocycles. The van der Waals surface area contributed by atoms with E-state index in [1.807, 2.05) is 0 Å². The van der Waals surface area contributed by atoms with E-state index in [0.717, 1.165) is 30.3 Å². The fourth-order valence-electron chi connectivity index (χ4n) is 2.49. The van der Waals surface area contributed by atoms with Gasteiger partial charge in [0.05, 0.1) is 21.1 Å². The monoisotopic (exact) mass is 340 g/mol. The van der Waals surface area contributed by atoms with Crippen molar-refractivity contribution >= 4 is 5.97 Å². The Bertz CT molecular complexity index is 318. The highest BCUT2D eigenvalue weighted by Crippen LogP contribution is 2.09. The van der Waals surface area contributed by atoms with Crippen LogP contribution in [0.3, 0.4) is 0 Å². The molecule has 0 heterocycles. The molecule has 0 aliphatic carbocycles. The summed E-state index contributed by atoms with van der Waals surface area (Å²) in [6.45, 7) is 3.66. The zero-order chi connectivity index (χ0) is 18.1. The van der Waals surface area contributed by atoms with E-state index in [-0.39, 0.29) is 5.97 Å². The van der Waals surface area contributed by atoms with Crippen LogP contribution in [0.2, 0.25) is 0 Å². The minimum Gasteiger partial charge on any atom is -0.460 e. The molecule has 0 radical (unpaired) electrons. The van der Waals surface area contributed by atoms with Crippen LogP contribution in [0, 0.1) is 0 Å². The van der Waals surface area contributed by atoms with Gasteiger partial charge in [-0.3, -0.25) is 4.79 Å². The normalized spacial score (nSPS) is 12.0. The third-order valence-corrected chi connectivity index (χ3v) is 4.17. The Morgan fingerprint density at radius 1 is 0.833 bits per heavy atom. The Labute approximate surface area is 151 Å². The van der Waals surface area contributed by atoms with Gasteiger partial charge in [0, 0.05) is 6.42 Å². The van der Waals surface area contributed by atoms with Crippen LogP contribution >= 0.6 is 0 Å². The quantitative estimate of drug-likeness (QED) is 0.161. The first-order chi connectivity index (χ1) is 11.5. The second-order valence-electron chi connectivity index (χ2n) is 7.86. The summed E-state index contributed by atoms with van der Waals surface area (Å²) >= 11 is 0. The van der Waals surface area contributed by atoms with Gasteiger partial charge < -0.3 is 9.22 Å². The van der Waals surface area contributed by atoms with Crippen molar-refractivity contribution in [3.05, 3.63) is 12.2 Å². The van der Waals surface area contributed by atoms with Crippen molar-refractivity contribution in [2.45, 2.75) is 84.0 Å². The van der Waals surface area contributed by atoms with Crippen LogP contribution in [0.1, 0.15) is 84.0 Å². The molecule has 0 N–H and O–H groups in total. The van der Waals surface area contributed by atoms with Crippen molar-refractivity contribution in [1.29, 1.82) is 0 Å². The molecule has 0 unspecified atom stereocenters. The van der Waals surface area contributed by atoms with Crippen molar-refractivity contribution in [1.82, 2.24) is 0 Å². The summed E-state index contributed by atoms with van der Waals surface area (Å²) in [7, 11) is 6.31. The molecule has 3 nitrogen and oxygen atoms in total. The number of allylic oxidation sites excluding steroid dienone is 2. The smallest absolute Gasteiger partial charge is 0.305 e. The number of likely N-dealkylation sites (N-methyl/N-ethyl adjacent to an activating group) is 1. The molecule has 3 heteroatoms. The molecule has 0 amide bonds. The number of quaternary nitrogens is 1. The zero-order valence-corrected chi connectivity index (χ0v) is 16.8. The number of esters is 1. The van der Waals surface area contributed by atoms with Gasteiger partial charge >= 0.3 is 5.97 Å². The van der Waals surface area contributed by atoms with Gasteiger partial charge in [0.25, 0.3) is 0 Å². The van der Waals surface area contributed by atoms with Crippen LogP contribution in [0.15, 0.2) is 12.2 Å². The lowest BCUT2D eigenvalue weighted by Crippen LogP contribution is -2.37. The van der Waals surface area contributed by atoms with Crippen molar-refractivity contribution in [3.63, 3.8) is 0 Å². The maximum atomic E-state index is 11.6. The number of hydrogen-bond donors (Lipinski definition) is 0. The molecule has 0 aromatic rings. The van der Waals surface area contributed by atoms with Crippen LogP contribution in [0.25, 0.3) is 0 Å². The number of ether oxygens (including phenoxy) is 1. The SMILES string of the molecule is CCCCCCCC/C=C\CCCCCC(=O)OCC[N+](C)(C)C. The first-order valence-corrected chi connectivity index (χ1v) is 10.1. The van der Waals surface area contributed by atoms with Gasteiger partial charge in [0.15, 0.2) is 0 Å². The van der Waals surface area contributed by atoms with E-state index >= 15 is 0 Å². The summed E-state index contributed by atoms with van der Waals surface area (Å²) in [5.74, 6) is -0.0398. The van der Waals surface area contributed by atoms with E-state index < -0.39 is 0 Å². The van der Waals surface area contributed by atoms with E-state index in [9.17, 15) is 4.79 Å². The Morgan fingerprint density at radius 3 is 1.96 bits per heavy atom. The van der Waals surface area contributed by atoms with Gasteiger partial charge in [0.2, 0.25) is 0 Å². The van der Waals surface area contributed by atoms with E-state index in [1.165, 1.54) is 51.4 Å². The fraction of sp³-hybridized carbons (Fsp3) is 0.857. The number of carbonyl (C=O) groups excluding carboxylic acids is 1. The number of unbranched alkanes of at least 4 members (excludes halogenated alkanes) is 9. The molecule has 0 saturated carbocycles. The molecule has 24 heavy (non-hydrogen) atoms. The summed E-state index contributed by atoms with van der Waals surface area (Å²) in [4.78, 5) is 11.6. The van der Waals surface area contributed by atoms with Crippen LogP contribution < -0.4 is 0 Å². The highest BCUT2D eigenvalue weighted by molar-refractivity contribution is 5.69. The maximum absolute atomic E-state index is 11.6. The molecule has 0 saturated heterocycles. The van der Waals surface area contributed by atoms with Crippen LogP contribution in [-0.2, 0) is 9.53 Å². The lowest BCUT2D eigenvalue weighted by molar-refractivity contribution is -0.870. The van der Waals surface area contributed by atoms with Crippen molar-refractivity contribution in [2.75, 3.05) is 34.3 Å². The summed E-state index contributed by atoms with van der Waals surface area (Å²) in [6, 6.07) is 0. The first kappa shape index (κ1) is 23.2. The second kappa shape index (κ2) is 15.7. The lowest BCUT2D eigenvalue weighted by Gasteiger charge is -2.23. The molecular weight excluding hydrogens is 298 g/mol. The first-order valence-electron chi connectivity index (χ1n) is 10.1. The molecule has 0 aliphatic rings. The summed E-state index contributed by atoms with van der Waals surface area (Å²) in [6.07, 6.45) is 19.1. The van der Waals surface area contributed by atoms with Crippen molar-refractivity contribution < 1.29 is 14.0 Å². The standard InChI is InChI=1S/C21H42NO2/c1-5-6-7-8-9-10-11-12-13-14-15-16-17-18-21(23)24-20-19-22(2,3)4/h12-13H,5-11,14-20H2,1-4H3/q+1/b13-12-. The number of carbonyl (C=O) groups is 1. The van der Waals surface area contributed by atoms with Crippen molar-refractivity contribution in [3.8, 4) is 0 Å². The predicted molar refractivity (Wildman–Crippen MR) is 104 cm³/mol. The largest absolute Gasteiger partial charge is 0.460 e. The van der Waals surface area contributed by atoms with Crippen LogP contribution in [-0.4, -0.2) is 44.7 Å². The van der Waals surface area contributed by atoms with E-state index in [2.05, 4.69) is 40.2 Å². The van der Waals surface area contributed by atoms with Gasteiger partial charge in [-0.2, -0.15) is 0 Å². The van der Waals surface area contributed by atoms with E-state index in [1.54, 1.807) is 0 Å². The molecular formula is C21H42NO2+. The zero-order valence-electron chi connectivity index (χ0n) is 16.8. The van der Waals surface area contributed by atoms with E-state index in [4.69, 9.17) is 4.74 Å². The highest BCUT2D eigenvalue weighted by atomic mass is 16.5. The Balaban J connectivity index is 3.29. The molecule has 0 spiro atoms. The van der Waals surface area contributed by atoms with Crippen LogP contribution in [0.4, 0.5) is 0 Å². The van der Waals surface area contributed by atoms with Gasteiger partial charge in [-0.25, -0.2) is 0 Å². The minimum absolute atomic E-state index is 0.0398. The summed E-state index contributed by atoms with van der Waals surface area (Å²) in [5.41, 5.74) is 0. The topological polar surface area (TPSA) is 26.3 Å². The van der Waals surface area contributed by atoms with Crippen LogP contribution in [0.5, 0.6) is 0 Å². The number of rotatable bonds is 16. The van der Waals surface area contributed by atoms with Crippen molar-refractivity contribution in [2.24, 2.45) is 0 Å². The third kappa shape index (κ3) is 19.2. The van der Waals surface area contributed by atoms with Gasteiger partial charge in [-0.05, 0) is 32.1 Å². The fourth-order valence-corrected chi connectivity index (χ4v) is 2.49. The minimum atomic E-state index is -0.0398. The van der Waals surface area contributed by atoms with Gasteiger partial charge in [-0.15, -0.1) is 0 Å². The molecule has 0 atom stereocenters. The Kier molecular flexibility index (Phi) is 15.1. The molecule has 0 bridgehead atoms. The maximum Gasteiger partial charge on any atom is 0.305 e. The Hall–Kier alpha value is -0.830. The summed E-state index contributed by atoms with van der Waals surface area (Å²) in [5, 5.41) is 0. The van der Waals surface area contributed by atoms with Gasteiger partial charge in [0.1, 0.15) is 13.2 Å². The third-order valence-electron chi connectivity index (χ3n) is 4.17. The molecule has 142 valence electrons. The molecule has 0 fully saturated rings.